The smallest absolute Gasteiger partial charge is 0.0912 e. The van der Waals surface area contributed by atoms with Crippen molar-refractivity contribution in [1.82, 2.24) is 4.90 Å². The first kappa shape index (κ1) is 18.4. The molecule has 0 amide bonds. The highest BCUT2D eigenvalue weighted by Crippen LogP contribution is 2.30. The molecule has 0 saturated carbocycles. The molecule has 0 aromatic heterocycles. The lowest BCUT2D eigenvalue weighted by Gasteiger charge is -2.42. The SMILES string of the molecule is Cc1cccc(C(c2ccccc2)N2CC[N+](C)(C)CC2)c1.[I-]. The molecule has 1 fully saturated rings. The van der Waals surface area contributed by atoms with Crippen molar-refractivity contribution in [2.75, 3.05) is 40.3 Å². The standard InChI is InChI=1S/C20H27N2.HI/c1-17-8-7-11-19(16-17)20(18-9-5-4-6-10-18)21-12-14-22(2,3)15-13-21;/h4-11,16,20H,12-15H2,1-3H3;1H/q+1;/p-1. The maximum atomic E-state index is 2.65. The molecule has 0 spiro atoms. The summed E-state index contributed by atoms with van der Waals surface area (Å²) in [6.07, 6.45) is 0. The Morgan fingerprint density at radius 1 is 0.870 bits per heavy atom. The molecule has 1 saturated heterocycles. The van der Waals surface area contributed by atoms with Crippen LogP contribution in [-0.2, 0) is 0 Å². The van der Waals surface area contributed by atoms with E-state index in [1.54, 1.807) is 0 Å². The molecule has 124 valence electrons. The van der Waals surface area contributed by atoms with Crippen molar-refractivity contribution in [3.8, 4) is 0 Å². The van der Waals surface area contributed by atoms with Gasteiger partial charge >= 0.3 is 0 Å². The van der Waals surface area contributed by atoms with Crippen molar-refractivity contribution in [1.29, 1.82) is 0 Å². The third-order valence-corrected chi connectivity index (χ3v) is 4.82. The Hall–Kier alpha value is -0.910. The second kappa shape index (κ2) is 7.77. The van der Waals surface area contributed by atoms with E-state index in [0.29, 0.717) is 6.04 Å². The molecule has 0 radical (unpaired) electrons. The summed E-state index contributed by atoms with van der Waals surface area (Å²) in [5, 5.41) is 0. The molecule has 1 heterocycles. The van der Waals surface area contributed by atoms with Gasteiger partial charge in [-0.3, -0.25) is 4.90 Å². The second-order valence-electron chi connectivity index (χ2n) is 7.15. The molecular weight excluding hydrogens is 395 g/mol. The van der Waals surface area contributed by atoms with Crippen LogP contribution in [0.1, 0.15) is 22.7 Å². The van der Waals surface area contributed by atoms with E-state index in [9.17, 15) is 0 Å². The fourth-order valence-electron chi connectivity index (χ4n) is 3.37. The molecule has 23 heavy (non-hydrogen) atoms. The molecule has 1 atom stereocenters. The molecule has 1 aliphatic heterocycles. The first-order valence-corrected chi connectivity index (χ1v) is 8.23. The minimum absolute atomic E-state index is 0. The highest BCUT2D eigenvalue weighted by Gasteiger charge is 2.30. The zero-order valence-electron chi connectivity index (χ0n) is 14.4. The summed E-state index contributed by atoms with van der Waals surface area (Å²) in [6, 6.07) is 20.3. The van der Waals surface area contributed by atoms with Crippen LogP contribution in [0.4, 0.5) is 0 Å². The van der Waals surface area contributed by atoms with Crippen molar-refractivity contribution in [2.45, 2.75) is 13.0 Å². The Morgan fingerprint density at radius 3 is 2.09 bits per heavy atom. The predicted molar refractivity (Wildman–Crippen MR) is 92.9 cm³/mol. The molecule has 3 rings (SSSR count). The quantitative estimate of drug-likeness (QED) is 0.514. The van der Waals surface area contributed by atoms with Crippen LogP contribution in [0.2, 0.25) is 0 Å². The minimum Gasteiger partial charge on any atom is -1.00 e. The summed E-state index contributed by atoms with van der Waals surface area (Å²) >= 11 is 0. The van der Waals surface area contributed by atoms with E-state index in [-0.39, 0.29) is 24.0 Å². The van der Waals surface area contributed by atoms with Gasteiger partial charge < -0.3 is 28.5 Å². The highest BCUT2D eigenvalue weighted by atomic mass is 127. The van der Waals surface area contributed by atoms with Gasteiger partial charge in [-0.1, -0.05) is 60.2 Å². The van der Waals surface area contributed by atoms with Gasteiger partial charge in [-0.25, -0.2) is 0 Å². The monoisotopic (exact) mass is 422 g/mol. The topological polar surface area (TPSA) is 3.24 Å². The largest absolute Gasteiger partial charge is 1.00 e. The molecule has 0 N–H and O–H groups in total. The predicted octanol–water partition coefficient (Wildman–Crippen LogP) is 0.480. The average Bonchev–Trinajstić information content (AvgIpc) is 2.50. The normalized spacial score (nSPS) is 18.9. The van der Waals surface area contributed by atoms with Crippen molar-refractivity contribution in [3.63, 3.8) is 0 Å². The van der Waals surface area contributed by atoms with E-state index in [4.69, 9.17) is 0 Å². The zero-order valence-corrected chi connectivity index (χ0v) is 16.5. The Kier molecular flexibility index (Phi) is 6.23. The molecule has 2 nitrogen and oxygen atoms in total. The maximum Gasteiger partial charge on any atom is 0.0912 e. The van der Waals surface area contributed by atoms with E-state index in [1.807, 2.05) is 0 Å². The summed E-state index contributed by atoms with van der Waals surface area (Å²) in [6.45, 7) is 6.92. The van der Waals surface area contributed by atoms with Gasteiger partial charge in [0.05, 0.1) is 33.2 Å². The van der Waals surface area contributed by atoms with E-state index >= 15 is 0 Å². The maximum absolute atomic E-state index is 2.65. The van der Waals surface area contributed by atoms with Crippen LogP contribution in [0.15, 0.2) is 54.6 Å². The van der Waals surface area contributed by atoms with Gasteiger partial charge in [-0.05, 0) is 18.1 Å². The van der Waals surface area contributed by atoms with Crippen molar-refractivity contribution in [2.24, 2.45) is 0 Å². The fraction of sp³-hybridized carbons (Fsp3) is 0.400. The summed E-state index contributed by atoms with van der Waals surface area (Å²) in [5.41, 5.74) is 4.16. The molecule has 2 aromatic carbocycles. The van der Waals surface area contributed by atoms with Crippen LogP contribution in [0.25, 0.3) is 0 Å². The van der Waals surface area contributed by atoms with Gasteiger partial charge in [0.25, 0.3) is 0 Å². The number of rotatable bonds is 3. The summed E-state index contributed by atoms with van der Waals surface area (Å²) in [5.74, 6) is 0. The second-order valence-corrected chi connectivity index (χ2v) is 7.15. The molecule has 0 aliphatic carbocycles. The number of benzene rings is 2. The lowest BCUT2D eigenvalue weighted by Crippen LogP contribution is -3.00. The van der Waals surface area contributed by atoms with Crippen molar-refractivity contribution in [3.05, 3.63) is 71.3 Å². The van der Waals surface area contributed by atoms with Crippen LogP contribution in [-0.4, -0.2) is 49.7 Å². The third kappa shape index (κ3) is 4.55. The van der Waals surface area contributed by atoms with Crippen LogP contribution in [0.3, 0.4) is 0 Å². The summed E-state index contributed by atoms with van der Waals surface area (Å²) in [4.78, 5) is 2.65. The van der Waals surface area contributed by atoms with Gasteiger partial charge in [0, 0.05) is 13.1 Å². The average molecular weight is 422 g/mol. The van der Waals surface area contributed by atoms with Gasteiger partial charge in [-0.2, -0.15) is 0 Å². The third-order valence-electron chi connectivity index (χ3n) is 4.82. The van der Waals surface area contributed by atoms with Gasteiger partial charge in [0.1, 0.15) is 0 Å². The van der Waals surface area contributed by atoms with Crippen LogP contribution in [0.5, 0.6) is 0 Å². The molecule has 1 aliphatic rings. The van der Waals surface area contributed by atoms with E-state index in [0.717, 1.165) is 17.6 Å². The fourth-order valence-corrected chi connectivity index (χ4v) is 3.37. The number of hydrogen-bond donors (Lipinski definition) is 0. The number of likely N-dealkylation sites (N-methyl/N-ethyl adjacent to an activating group) is 1. The molecule has 1 unspecified atom stereocenters. The number of piperazine rings is 1. The Morgan fingerprint density at radius 2 is 1.48 bits per heavy atom. The Labute approximate surface area is 157 Å². The Balaban J connectivity index is 0.00000192. The number of quaternary nitrogens is 1. The van der Waals surface area contributed by atoms with E-state index in [2.05, 4.69) is 80.5 Å². The van der Waals surface area contributed by atoms with Crippen LogP contribution >= 0.6 is 0 Å². The number of hydrogen-bond acceptors (Lipinski definition) is 1. The molecule has 3 heteroatoms. The summed E-state index contributed by atoms with van der Waals surface area (Å²) in [7, 11) is 4.67. The van der Waals surface area contributed by atoms with Gasteiger partial charge in [0.2, 0.25) is 0 Å². The van der Waals surface area contributed by atoms with Crippen LogP contribution < -0.4 is 24.0 Å². The van der Waals surface area contributed by atoms with E-state index < -0.39 is 0 Å². The molecule has 0 bridgehead atoms. The van der Waals surface area contributed by atoms with E-state index in [1.165, 1.54) is 29.8 Å². The lowest BCUT2D eigenvalue weighted by atomic mass is 9.95. The first-order valence-electron chi connectivity index (χ1n) is 8.23. The zero-order chi connectivity index (χ0) is 15.6. The summed E-state index contributed by atoms with van der Waals surface area (Å²) < 4.78 is 1.13. The van der Waals surface area contributed by atoms with Gasteiger partial charge in [0.15, 0.2) is 0 Å². The lowest BCUT2D eigenvalue weighted by molar-refractivity contribution is -0.894. The van der Waals surface area contributed by atoms with Gasteiger partial charge in [-0.15, -0.1) is 0 Å². The minimum atomic E-state index is 0. The molecule has 2 aromatic rings. The number of halogens is 1. The molecular formula is C20H27IN2. The van der Waals surface area contributed by atoms with Crippen molar-refractivity contribution >= 4 is 0 Å². The van der Waals surface area contributed by atoms with Crippen LogP contribution in [0, 0.1) is 6.92 Å². The van der Waals surface area contributed by atoms with Crippen molar-refractivity contribution < 1.29 is 28.5 Å². The Bertz CT molecular complexity index is 615. The number of nitrogens with zero attached hydrogens (tertiary/aromatic N) is 2. The highest BCUT2D eigenvalue weighted by molar-refractivity contribution is 5.34. The first-order chi connectivity index (χ1) is 10.6. The number of aryl methyl sites for hydroxylation is 1.